The molecule has 0 aliphatic heterocycles. The van der Waals surface area contributed by atoms with E-state index in [-0.39, 0.29) is 28.9 Å². The normalized spacial score (nSPS) is 13.2. The highest BCUT2D eigenvalue weighted by Crippen LogP contribution is 2.26. The largest absolute Gasteiger partial charge is 0.383 e. The SMILES string of the molecule is CNc1cc(S(=O)(=O)NCC(C)N(C)C)ccc1[N+](=O)[O-]. The number of nitro benzene ring substituents is 1. The minimum atomic E-state index is -3.70. The quantitative estimate of drug-likeness (QED) is 0.571. The van der Waals surface area contributed by atoms with Crippen molar-refractivity contribution >= 4 is 21.4 Å². The smallest absolute Gasteiger partial charge is 0.292 e. The molecule has 0 fully saturated rings. The Bertz CT molecular complexity index is 616. The molecule has 118 valence electrons. The number of nitrogens with one attached hydrogen (secondary N) is 2. The van der Waals surface area contributed by atoms with E-state index in [1.807, 2.05) is 25.9 Å². The van der Waals surface area contributed by atoms with Gasteiger partial charge in [-0.15, -0.1) is 0 Å². The van der Waals surface area contributed by atoms with Crippen LogP contribution in [0, 0.1) is 10.1 Å². The van der Waals surface area contributed by atoms with Crippen molar-refractivity contribution in [1.29, 1.82) is 0 Å². The second-order valence-electron chi connectivity index (χ2n) is 4.85. The van der Waals surface area contributed by atoms with Gasteiger partial charge in [-0.05, 0) is 33.2 Å². The Morgan fingerprint density at radius 1 is 1.38 bits per heavy atom. The predicted molar refractivity (Wildman–Crippen MR) is 81.0 cm³/mol. The van der Waals surface area contributed by atoms with Crippen LogP contribution < -0.4 is 10.0 Å². The molecule has 0 radical (unpaired) electrons. The van der Waals surface area contributed by atoms with Crippen molar-refractivity contribution in [2.24, 2.45) is 0 Å². The van der Waals surface area contributed by atoms with Crippen LogP contribution in [0.15, 0.2) is 23.1 Å². The summed E-state index contributed by atoms with van der Waals surface area (Å²) < 4.78 is 26.9. The summed E-state index contributed by atoms with van der Waals surface area (Å²) in [6.07, 6.45) is 0. The number of likely N-dealkylation sites (N-methyl/N-ethyl adjacent to an activating group) is 1. The highest BCUT2D eigenvalue weighted by Gasteiger charge is 2.20. The van der Waals surface area contributed by atoms with Gasteiger partial charge < -0.3 is 10.2 Å². The average Bonchev–Trinajstić information content (AvgIpc) is 2.43. The summed E-state index contributed by atoms with van der Waals surface area (Å²) in [6.45, 7) is 2.14. The summed E-state index contributed by atoms with van der Waals surface area (Å²) in [5.41, 5.74) is -0.0124. The van der Waals surface area contributed by atoms with Crippen LogP contribution in [0.3, 0.4) is 0 Å². The molecule has 9 heteroatoms. The lowest BCUT2D eigenvalue weighted by Crippen LogP contribution is -2.38. The summed E-state index contributed by atoms with van der Waals surface area (Å²) in [5.74, 6) is 0. The van der Waals surface area contributed by atoms with Crippen LogP contribution in [0.5, 0.6) is 0 Å². The van der Waals surface area contributed by atoms with Crippen molar-refractivity contribution in [2.45, 2.75) is 17.9 Å². The first-order valence-corrected chi connectivity index (χ1v) is 7.79. The lowest BCUT2D eigenvalue weighted by atomic mass is 10.3. The zero-order valence-corrected chi connectivity index (χ0v) is 13.3. The maximum Gasteiger partial charge on any atom is 0.292 e. The molecule has 1 rings (SSSR count). The second-order valence-corrected chi connectivity index (χ2v) is 6.62. The first-order valence-electron chi connectivity index (χ1n) is 6.31. The van der Waals surface area contributed by atoms with Gasteiger partial charge in [0, 0.05) is 25.7 Å². The van der Waals surface area contributed by atoms with E-state index in [0.29, 0.717) is 0 Å². The molecule has 0 spiro atoms. The summed E-state index contributed by atoms with van der Waals surface area (Å²) >= 11 is 0. The molecule has 1 aromatic rings. The molecule has 0 amide bonds. The minimum absolute atomic E-state index is 0.0107. The molecule has 1 atom stereocenters. The van der Waals surface area contributed by atoms with E-state index in [0.717, 1.165) is 0 Å². The molecule has 0 bridgehead atoms. The van der Waals surface area contributed by atoms with Crippen LogP contribution >= 0.6 is 0 Å². The van der Waals surface area contributed by atoms with Crippen molar-refractivity contribution < 1.29 is 13.3 Å². The van der Waals surface area contributed by atoms with E-state index in [1.54, 1.807) is 0 Å². The van der Waals surface area contributed by atoms with Gasteiger partial charge in [0.2, 0.25) is 10.0 Å². The van der Waals surface area contributed by atoms with E-state index in [2.05, 4.69) is 10.0 Å². The molecule has 0 saturated carbocycles. The fraction of sp³-hybridized carbons (Fsp3) is 0.500. The molecule has 0 aromatic heterocycles. The first-order chi connectivity index (χ1) is 9.69. The summed E-state index contributed by atoms with van der Waals surface area (Å²) in [4.78, 5) is 12.1. The van der Waals surface area contributed by atoms with Gasteiger partial charge in [-0.1, -0.05) is 0 Å². The zero-order valence-electron chi connectivity index (χ0n) is 12.5. The Kier molecular flexibility index (Phi) is 5.64. The highest BCUT2D eigenvalue weighted by atomic mass is 32.2. The number of nitro groups is 1. The van der Waals surface area contributed by atoms with Crippen molar-refractivity contribution in [3.63, 3.8) is 0 Å². The van der Waals surface area contributed by atoms with Crippen molar-refractivity contribution in [2.75, 3.05) is 33.0 Å². The molecule has 21 heavy (non-hydrogen) atoms. The van der Waals surface area contributed by atoms with Gasteiger partial charge in [0.1, 0.15) is 5.69 Å². The Balaban J connectivity index is 3.01. The molecular formula is C12H20N4O4S. The van der Waals surface area contributed by atoms with Gasteiger partial charge in [-0.3, -0.25) is 10.1 Å². The van der Waals surface area contributed by atoms with Gasteiger partial charge in [0.15, 0.2) is 0 Å². The lowest BCUT2D eigenvalue weighted by molar-refractivity contribution is -0.384. The number of hydrogen-bond acceptors (Lipinski definition) is 6. The summed E-state index contributed by atoms with van der Waals surface area (Å²) in [6, 6.07) is 3.68. The predicted octanol–water partition coefficient (Wildman–Crippen LogP) is 0.865. The molecule has 0 saturated heterocycles. The molecule has 1 unspecified atom stereocenters. The summed E-state index contributed by atoms with van der Waals surface area (Å²) in [7, 11) is 1.50. The van der Waals surface area contributed by atoms with Crippen LogP contribution in [0.1, 0.15) is 6.92 Å². The Morgan fingerprint density at radius 3 is 2.48 bits per heavy atom. The third-order valence-corrected chi connectivity index (χ3v) is 4.62. The van der Waals surface area contributed by atoms with E-state index in [4.69, 9.17) is 0 Å². The van der Waals surface area contributed by atoms with Gasteiger partial charge in [-0.25, -0.2) is 13.1 Å². The fourth-order valence-corrected chi connectivity index (χ4v) is 2.69. The standard InChI is InChI=1S/C12H20N4O4S/c1-9(15(3)4)8-14-21(19,20)10-5-6-12(16(17)18)11(7-10)13-2/h5-7,9,13-14H,8H2,1-4H3. The number of anilines is 1. The number of nitrogens with zero attached hydrogens (tertiary/aromatic N) is 2. The Hall–Kier alpha value is -1.71. The third-order valence-electron chi connectivity index (χ3n) is 3.19. The van der Waals surface area contributed by atoms with E-state index in [9.17, 15) is 18.5 Å². The maximum atomic E-state index is 12.2. The number of hydrogen-bond donors (Lipinski definition) is 2. The first kappa shape index (κ1) is 17.3. The summed E-state index contributed by atoms with van der Waals surface area (Å²) in [5, 5.41) is 13.5. The van der Waals surface area contributed by atoms with Crippen LogP contribution in [0.25, 0.3) is 0 Å². The number of sulfonamides is 1. The highest BCUT2D eigenvalue weighted by molar-refractivity contribution is 7.89. The van der Waals surface area contributed by atoms with E-state index >= 15 is 0 Å². The van der Waals surface area contributed by atoms with Crippen LogP contribution in [0.4, 0.5) is 11.4 Å². The maximum absolute atomic E-state index is 12.2. The topological polar surface area (TPSA) is 105 Å². The number of benzene rings is 1. The van der Waals surface area contributed by atoms with Gasteiger partial charge >= 0.3 is 0 Å². The zero-order chi connectivity index (χ0) is 16.2. The average molecular weight is 316 g/mol. The van der Waals surface area contributed by atoms with Gasteiger partial charge in [-0.2, -0.15) is 0 Å². The van der Waals surface area contributed by atoms with Gasteiger partial charge in [0.25, 0.3) is 5.69 Å². The molecular weight excluding hydrogens is 296 g/mol. The van der Waals surface area contributed by atoms with Gasteiger partial charge in [0.05, 0.1) is 9.82 Å². The molecule has 2 N–H and O–H groups in total. The van der Waals surface area contributed by atoms with Crippen molar-refractivity contribution in [3.05, 3.63) is 28.3 Å². The van der Waals surface area contributed by atoms with Crippen LogP contribution in [-0.2, 0) is 10.0 Å². The number of rotatable bonds is 7. The van der Waals surface area contributed by atoms with E-state index in [1.165, 1.54) is 25.2 Å². The van der Waals surface area contributed by atoms with E-state index < -0.39 is 14.9 Å². The molecule has 1 aromatic carbocycles. The molecule has 0 aliphatic carbocycles. The fourth-order valence-electron chi connectivity index (χ4n) is 1.54. The minimum Gasteiger partial charge on any atom is -0.383 e. The molecule has 0 aliphatic rings. The van der Waals surface area contributed by atoms with Crippen molar-refractivity contribution in [1.82, 2.24) is 9.62 Å². The van der Waals surface area contributed by atoms with Crippen LogP contribution in [0.2, 0.25) is 0 Å². The molecule has 8 nitrogen and oxygen atoms in total. The van der Waals surface area contributed by atoms with Crippen molar-refractivity contribution in [3.8, 4) is 0 Å². The third kappa shape index (κ3) is 4.38. The monoisotopic (exact) mass is 316 g/mol. The Labute approximate surface area is 124 Å². The van der Waals surface area contributed by atoms with Crippen LogP contribution in [-0.4, -0.2) is 52.0 Å². The Morgan fingerprint density at radius 2 is 2.00 bits per heavy atom. The lowest BCUT2D eigenvalue weighted by Gasteiger charge is -2.20. The molecule has 0 heterocycles. The second kappa shape index (κ2) is 6.83.